The first-order valence-electron chi connectivity index (χ1n) is 11.0. The van der Waals surface area contributed by atoms with Crippen LogP contribution in [0, 0.1) is 0 Å². The van der Waals surface area contributed by atoms with Crippen LogP contribution in [-0.4, -0.2) is 33.6 Å². The minimum absolute atomic E-state index is 0.218. The summed E-state index contributed by atoms with van der Waals surface area (Å²) in [5.74, 6) is 0.00514. The van der Waals surface area contributed by atoms with Gasteiger partial charge in [0.2, 0.25) is 5.91 Å². The molecule has 0 unspecified atom stereocenters. The SMILES string of the molecule is CC(C)c1ccc(NC(=O)c2ccc(CN3C(=O)c4ccc(Cl)cc4NC(=O)[C@H]3C)cc2)nc1. The second kappa shape index (κ2) is 9.65. The van der Waals surface area contributed by atoms with Gasteiger partial charge in [-0.2, -0.15) is 0 Å². The quantitative estimate of drug-likeness (QED) is 0.536. The molecule has 1 atom stereocenters. The van der Waals surface area contributed by atoms with Crippen LogP contribution < -0.4 is 10.6 Å². The number of nitrogens with zero attached hydrogens (tertiary/aromatic N) is 2. The van der Waals surface area contributed by atoms with E-state index in [2.05, 4.69) is 29.5 Å². The number of hydrogen-bond donors (Lipinski definition) is 2. The average Bonchev–Trinajstić information content (AvgIpc) is 2.90. The van der Waals surface area contributed by atoms with E-state index in [9.17, 15) is 14.4 Å². The van der Waals surface area contributed by atoms with Crippen molar-refractivity contribution in [2.75, 3.05) is 10.6 Å². The van der Waals surface area contributed by atoms with Crippen LogP contribution in [0.5, 0.6) is 0 Å². The van der Waals surface area contributed by atoms with E-state index in [1.54, 1.807) is 61.7 Å². The molecule has 3 aromatic rings. The van der Waals surface area contributed by atoms with Gasteiger partial charge >= 0.3 is 0 Å². The number of aromatic nitrogens is 1. The Bertz CT molecular complexity index is 1240. The Balaban J connectivity index is 1.48. The van der Waals surface area contributed by atoms with Crippen molar-refractivity contribution < 1.29 is 14.4 Å². The van der Waals surface area contributed by atoms with Gasteiger partial charge in [-0.25, -0.2) is 4.98 Å². The highest BCUT2D eigenvalue weighted by atomic mass is 35.5. The summed E-state index contributed by atoms with van der Waals surface area (Å²) in [6.07, 6.45) is 1.75. The standard InChI is InChI=1S/C26H25ClN4O3/c1-15(2)19-8-11-23(28-13-19)30-25(33)18-6-4-17(5-7-18)14-31-16(3)24(32)29-22-12-20(27)9-10-21(22)26(31)34/h4-13,15-16H,14H2,1-3H3,(H,29,32)(H,28,30,33)/t16-/m1/s1. The Morgan fingerprint density at radius 3 is 2.50 bits per heavy atom. The minimum Gasteiger partial charge on any atom is -0.324 e. The van der Waals surface area contributed by atoms with Gasteiger partial charge in [0.05, 0.1) is 11.3 Å². The summed E-state index contributed by atoms with van der Waals surface area (Å²) in [6, 6.07) is 14.8. The maximum atomic E-state index is 13.2. The fraction of sp³-hybridized carbons (Fsp3) is 0.231. The largest absolute Gasteiger partial charge is 0.324 e. The van der Waals surface area contributed by atoms with E-state index in [1.165, 1.54) is 4.90 Å². The van der Waals surface area contributed by atoms with Crippen molar-refractivity contribution >= 4 is 40.8 Å². The van der Waals surface area contributed by atoms with E-state index in [-0.39, 0.29) is 24.3 Å². The molecule has 2 aromatic carbocycles. The van der Waals surface area contributed by atoms with Crippen molar-refractivity contribution in [1.29, 1.82) is 0 Å². The van der Waals surface area contributed by atoms with E-state index >= 15 is 0 Å². The van der Waals surface area contributed by atoms with Crippen LogP contribution in [0.25, 0.3) is 0 Å². The van der Waals surface area contributed by atoms with Crippen LogP contribution in [0.1, 0.15) is 58.5 Å². The molecule has 3 amide bonds. The number of benzene rings is 2. The number of halogens is 1. The molecular formula is C26H25ClN4O3. The summed E-state index contributed by atoms with van der Waals surface area (Å²) in [5, 5.41) is 6.00. The fourth-order valence-corrected chi connectivity index (χ4v) is 3.86. The highest BCUT2D eigenvalue weighted by molar-refractivity contribution is 6.31. The van der Waals surface area contributed by atoms with E-state index in [0.29, 0.717) is 33.6 Å². The molecule has 0 saturated carbocycles. The number of rotatable bonds is 5. The molecule has 7 nitrogen and oxygen atoms in total. The number of anilines is 2. The molecule has 0 spiro atoms. The van der Waals surface area contributed by atoms with Crippen molar-refractivity contribution in [2.45, 2.75) is 39.3 Å². The summed E-state index contributed by atoms with van der Waals surface area (Å²) in [5.41, 5.74) is 3.14. The van der Waals surface area contributed by atoms with Crippen LogP contribution in [0.2, 0.25) is 5.02 Å². The third kappa shape index (κ3) is 4.94. The van der Waals surface area contributed by atoms with Gasteiger partial charge in [0.25, 0.3) is 11.8 Å². The number of carbonyl (C=O) groups is 3. The van der Waals surface area contributed by atoms with Crippen molar-refractivity contribution in [3.8, 4) is 0 Å². The van der Waals surface area contributed by atoms with Crippen molar-refractivity contribution in [3.63, 3.8) is 0 Å². The minimum atomic E-state index is -0.679. The highest BCUT2D eigenvalue weighted by Crippen LogP contribution is 2.27. The predicted octanol–water partition coefficient (Wildman–Crippen LogP) is 5.09. The zero-order valence-corrected chi connectivity index (χ0v) is 19.9. The van der Waals surface area contributed by atoms with Crippen LogP contribution in [0.3, 0.4) is 0 Å². The zero-order valence-electron chi connectivity index (χ0n) is 19.1. The molecule has 1 aromatic heterocycles. The molecule has 34 heavy (non-hydrogen) atoms. The van der Waals surface area contributed by atoms with E-state index in [1.807, 2.05) is 6.07 Å². The van der Waals surface area contributed by atoms with Gasteiger partial charge in [-0.3, -0.25) is 14.4 Å². The summed E-state index contributed by atoms with van der Waals surface area (Å²) >= 11 is 6.03. The molecular weight excluding hydrogens is 452 g/mol. The van der Waals surface area contributed by atoms with Crippen LogP contribution in [-0.2, 0) is 11.3 Å². The van der Waals surface area contributed by atoms with E-state index in [4.69, 9.17) is 11.6 Å². The monoisotopic (exact) mass is 476 g/mol. The average molecular weight is 477 g/mol. The number of carbonyl (C=O) groups excluding carboxylic acids is 3. The van der Waals surface area contributed by atoms with Gasteiger partial charge in [-0.05, 0) is 60.4 Å². The van der Waals surface area contributed by atoms with Gasteiger partial charge in [-0.15, -0.1) is 0 Å². The van der Waals surface area contributed by atoms with Gasteiger partial charge in [-0.1, -0.05) is 43.6 Å². The number of pyridine rings is 1. The van der Waals surface area contributed by atoms with Gasteiger partial charge in [0, 0.05) is 23.3 Å². The number of fused-ring (bicyclic) bond motifs is 1. The van der Waals surface area contributed by atoms with Crippen LogP contribution in [0.15, 0.2) is 60.8 Å². The lowest BCUT2D eigenvalue weighted by atomic mass is 10.1. The maximum Gasteiger partial charge on any atom is 0.256 e. The normalized spacial score (nSPS) is 15.6. The first-order valence-corrected chi connectivity index (χ1v) is 11.4. The molecule has 8 heteroatoms. The van der Waals surface area contributed by atoms with Gasteiger partial charge in [0.15, 0.2) is 0 Å². The smallest absolute Gasteiger partial charge is 0.256 e. The van der Waals surface area contributed by atoms with E-state index in [0.717, 1.165) is 11.1 Å². The Kier molecular flexibility index (Phi) is 6.65. The molecule has 4 rings (SSSR count). The maximum absolute atomic E-state index is 13.2. The predicted molar refractivity (Wildman–Crippen MR) is 132 cm³/mol. The van der Waals surface area contributed by atoms with Crippen molar-refractivity contribution in [1.82, 2.24) is 9.88 Å². The first-order chi connectivity index (χ1) is 16.2. The first kappa shape index (κ1) is 23.4. The summed E-state index contributed by atoms with van der Waals surface area (Å²) in [6.45, 7) is 6.06. The summed E-state index contributed by atoms with van der Waals surface area (Å²) in [7, 11) is 0. The topological polar surface area (TPSA) is 91.4 Å². The Morgan fingerprint density at radius 1 is 1.12 bits per heavy atom. The molecule has 2 N–H and O–H groups in total. The van der Waals surface area contributed by atoms with Crippen molar-refractivity contribution in [3.05, 3.63) is 88.1 Å². The van der Waals surface area contributed by atoms with Crippen LogP contribution >= 0.6 is 11.6 Å². The third-order valence-corrected chi connectivity index (χ3v) is 6.08. The van der Waals surface area contributed by atoms with Crippen LogP contribution in [0.4, 0.5) is 11.5 Å². The molecule has 1 aliphatic rings. The summed E-state index contributed by atoms with van der Waals surface area (Å²) in [4.78, 5) is 44.2. The van der Waals surface area contributed by atoms with E-state index < -0.39 is 6.04 Å². The van der Waals surface area contributed by atoms with Crippen molar-refractivity contribution in [2.24, 2.45) is 0 Å². The molecule has 0 bridgehead atoms. The molecule has 0 aliphatic carbocycles. The third-order valence-electron chi connectivity index (χ3n) is 5.84. The number of hydrogen-bond acceptors (Lipinski definition) is 4. The highest BCUT2D eigenvalue weighted by Gasteiger charge is 2.32. The molecule has 2 heterocycles. The zero-order chi connectivity index (χ0) is 24.4. The fourth-order valence-electron chi connectivity index (χ4n) is 3.69. The Morgan fingerprint density at radius 2 is 1.85 bits per heavy atom. The lowest BCUT2D eigenvalue weighted by Crippen LogP contribution is -2.42. The van der Waals surface area contributed by atoms with Gasteiger partial charge < -0.3 is 15.5 Å². The molecule has 1 aliphatic heterocycles. The molecule has 0 radical (unpaired) electrons. The Hall–Kier alpha value is -3.71. The lowest BCUT2D eigenvalue weighted by Gasteiger charge is -2.26. The lowest BCUT2D eigenvalue weighted by molar-refractivity contribution is -0.120. The molecule has 174 valence electrons. The Labute approximate surface area is 203 Å². The second-order valence-electron chi connectivity index (χ2n) is 8.57. The number of amides is 3. The van der Waals surface area contributed by atoms with Gasteiger partial charge in [0.1, 0.15) is 11.9 Å². The molecule has 0 fully saturated rings. The summed E-state index contributed by atoms with van der Waals surface area (Å²) < 4.78 is 0. The number of nitrogens with one attached hydrogen (secondary N) is 2. The second-order valence-corrected chi connectivity index (χ2v) is 9.01. The molecule has 0 saturated heterocycles.